The lowest BCUT2D eigenvalue weighted by molar-refractivity contribution is -0.113. The molecular weight excluding hydrogens is 470 g/mol. The Morgan fingerprint density at radius 1 is 1.19 bits per heavy atom. The van der Waals surface area contributed by atoms with Crippen LogP contribution in [0.25, 0.3) is 27.7 Å². The summed E-state index contributed by atoms with van der Waals surface area (Å²) in [6, 6.07) is 14.2. The third-order valence-electron chi connectivity index (χ3n) is 4.86. The van der Waals surface area contributed by atoms with Gasteiger partial charge in [-0.3, -0.25) is 14.4 Å². The Labute approximate surface area is 191 Å². The third-order valence-corrected chi connectivity index (χ3v) is 8.69. The molecule has 0 saturated heterocycles. The number of thiophene rings is 1. The molecule has 0 fully saturated rings. The van der Waals surface area contributed by atoms with Crippen molar-refractivity contribution >= 4 is 49.5 Å². The first-order valence-corrected chi connectivity index (χ1v) is 12.4. The Morgan fingerprint density at radius 3 is 2.69 bits per heavy atom. The summed E-state index contributed by atoms with van der Waals surface area (Å²) in [5, 5.41) is 15.5. The number of benzene rings is 1. The highest BCUT2D eigenvalue weighted by Crippen LogP contribution is 2.43. The molecule has 5 rings (SSSR count). The number of aliphatic hydroxyl groups is 1. The van der Waals surface area contributed by atoms with Crippen LogP contribution in [-0.2, 0) is 14.8 Å². The molecule has 11 heteroatoms. The standard InChI is InChI=1S/C21H15N3O5S3/c1-24-17(20(26)23-21-22-13(11-30-21)12-6-3-2-4-7-12)18(25)19-16(32(24,27)28)10-15(31-19)14-8-5-9-29-14/h2-11,25H,1H3,(H,22,23,26). The van der Waals surface area contributed by atoms with E-state index in [1.165, 1.54) is 30.7 Å². The summed E-state index contributed by atoms with van der Waals surface area (Å²) in [5.41, 5.74) is 1.19. The second-order valence-electron chi connectivity index (χ2n) is 6.81. The van der Waals surface area contributed by atoms with Crippen molar-refractivity contribution < 1.29 is 22.7 Å². The van der Waals surface area contributed by atoms with Crippen LogP contribution >= 0.6 is 22.7 Å². The van der Waals surface area contributed by atoms with Gasteiger partial charge in [0.1, 0.15) is 10.7 Å². The third kappa shape index (κ3) is 3.30. The number of nitrogens with zero attached hydrogens (tertiary/aromatic N) is 2. The van der Waals surface area contributed by atoms with E-state index in [1.54, 1.807) is 17.5 Å². The molecule has 0 spiro atoms. The van der Waals surface area contributed by atoms with Gasteiger partial charge in [0, 0.05) is 18.0 Å². The summed E-state index contributed by atoms with van der Waals surface area (Å²) in [4.78, 5) is 17.9. The molecule has 0 aliphatic carbocycles. The molecule has 0 saturated carbocycles. The highest BCUT2D eigenvalue weighted by atomic mass is 32.2. The van der Waals surface area contributed by atoms with Gasteiger partial charge in [-0.1, -0.05) is 30.3 Å². The van der Waals surface area contributed by atoms with Gasteiger partial charge < -0.3 is 9.52 Å². The zero-order valence-electron chi connectivity index (χ0n) is 16.5. The molecule has 1 aromatic carbocycles. The molecule has 4 heterocycles. The summed E-state index contributed by atoms with van der Waals surface area (Å²) >= 11 is 2.24. The van der Waals surface area contributed by atoms with E-state index < -0.39 is 21.7 Å². The van der Waals surface area contributed by atoms with E-state index in [4.69, 9.17) is 4.42 Å². The second kappa shape index (κ2) is 7.62. The number of aromatic nitrogens is 1. The van der Waals surface area contributed by atoms with E-state index in [0.29, 0.717) is 16.3 Å². The van der Waals surface area contributed by atoms with Crippen LogP contribution in [0.3, 0.4) is 0 Å². The van der Waals surface area contributed by atoms with Gasteiger partial charge in [-0.15, -0.1) is 22.7 Å². The van der Waals surface area contributed by atoms with E-state index in [1.807, 2.05) is 30.3 Å². The van der Waals surface area contributed by atoms with Crippen molar-refractivity contribution in [3.8, 4) is 21.9 Å². The number of sulfonamides is 1. The molecular formula is C21H15N3O5S3. The highest BCUT2D eigenvalue weighted by Gasteiger charge is 2.40. The Balaban J connectivity index is 1.50. The first kappa shape index (κ1) is 20.5. The first-order valence-electron chi connectivity index (χ1n) is 9.29. The molecule has 4 aromatic rings. The minimum atomic E-state index is -4.04. The number of likely N-dealkylation sites (N-methyl/N-ethyl adjacent to an activating group) is 1. The number of thiazole rings is 1. The van der Waals surface area contributed by atoms with Gasteiger partial charge in [0.15, 0.2) is 16.6 Å². The quantitative estimate of drug-likeness (QED) is 0.436. The Morgan fingerprint density at radius 2 is 1.97 bits per heavy atom. The second-order valence-corrected chi connectivity index (χ2v) is 10.7. The van der Waals surface area contributed by atoms with Gasteiger partial charge in [0.05, 0.1) is 21.7 Å². The van der Waals surface area contributed by atoms with Crippen molar-refractivity contribution in [1.29, 1.82) is 0 Å². The van der Waals surface area contributed by atoms with Crippen molar-refractivity contribution in [3.05, 3.63) is 70.7 Å². The maximum atomic E-state index is 13.1. The number of fused-ring (bicyclic) bond motifs is 1. The number of aliphatic hydroxyl groups excluding tert-OH is 1. The number of rotatable bonds is 4. The average Bonchev–Trinajstić information content (AvgIpc) is 3.53. The van der Waals surface area contributed by atoms with Crippen LogP contribution in [0.15, 0.2) is 75.2 Å². The van der Waals surface area contributed by atoms with Crippen LogP contribution in [0.1, 0.15) is 4.88 Å². The predicted molar refractivity (Wildman–Crippen MR) is 123 cm³/mol. The Bertz CT molecular complexity index is 1450. The van der Waals surface area contributed by atoms with Crippen LogP contribution in [0.2, 0.25) is 0 Å². The minimum Gasteiger partial charge on any atom is -0.504 e. The lowest BCUT2D eigenvalue weighted by atomic mass is 10.2. The highest BCUT2D eigenvalue weighted by molar-refractivity contribution is 7.89. The van der Waals surface area contributed by atoms with Crippen molar-refractivity contribution in [3.63, 3.8) is 0 Å². The van der Waals surface area contributed by atoms with E-state index in [-0.39, 0.29) is 20.6 Å². The fraction of sp³-hybridized carbons (Fsp3) is 0.0476. The Kier molecular flexibility index (Phi) is 4.88. The van der Waals surface area contributed by atoms with Gasteiger partial charge in [-0.05, 0) is 18.2 Å². The molecule has 1 amide bonds. The number of amides is 1. The van der Waals surface area contributed by atoms with E-state index in [9.17, 15) is 18.3 Å². The van der Waals surface area contributed by atoms with Gasteiger partial charge in [-0.2, -0.15) is 0 Å². The van der Waals surface area contributed by atoms with Gasteiger partial charge in [-0.25, -0.2) is 13.4 Å². The summed E-state index contributed by atoms with van der Waals surface area (Å²) in [6.45, 7) is 0. The van der Waals surface area contributed by atoms with Gasteiger partial charge in [0.2, 0.25) is 0 Å². The predicted octanol–water partition coefficient (Wildman–Crippen LogP) is 4.63. The molecule has 0 atom stereocenters. The molecule has 0 radical (unpaired) electrons. The van der Waals surface area contributed by atoms with Gasteiger partial charge in [0.25, 0.3) is 15.9 Å². The largest absolute Gasteiger partial charge is 0.504 e. The Hall–Kier alpha value is -3.41. The lowest BCUT2D eigenvalue weighted by Crippen LogP contribution is -2.36. The molecule has 1 aliphatic heterocycles. The first-order chi connectivity index (χ1) is 15.4. The van der Waals surface area contributed by atoms with E-state index in [2.05, 4.69) is 10.3 Å². The number of carbonyl (C=O) groups excluding carboxylic acids is 1. The van der Waals surface area contributed by atoms with Gasteiger partial charge >= 0.3 is 0 Å². The molecule has 1 aliphatic rings. The van der Waals surface area contributed by atoms with Crippen molar-refractivity contribution in [2.24, 2.45) is 0 Å². The maximum absolute atomic E-state index is 13.1. The maximum Gasteiger partial charge on any atom is 0.278 e. The number of hydrogen-bond donors (Lipinski definition) is 2. The topological polar surface area (TPSA) is 113 Å². The molecule has 3 aromatic heterocycles. The minimum absolute atomic E-state index is 0.0777. The summed E-state index contributed by atoms with van der Waals surface area (Å²) in [5.74, 6) is -0.726. The fourth-order valence-corrected chi connectivity index (χ4v) is 6.77. The van der Waals surface area contributed by atoms with E-state index in [0.717, 1.165) is 21.2 Å². The number of carbonyl (C=O) groups is 1. The van der Waals surface area contributed by atoms with Crippen LogP contribution in [0, 0.1) is 0 Å². The number of hydrogen-bond acceptors (Lipinski definition) is 8. The average molecular weight is 486 g/mol. The molecule has 32 heavy (non-hydrogen) atoms. The lowest BCUT2D eigenvalue weighted by Gasteiger charge is -2.26. The molecule has 0 bridgehead atoms. The zero-order chi connectivity index (χ0) is 22.5. The zero-order valence-corrected chi connectivity index (χ0v) is 18.9. The van der Waals surface area contributed by atoms with Crippen LogP contribution in [0.5, 0.6) is 0 Å². The molecule has 2 N–H and O–H groups in total. The van der Waals surface area contributed by atoms with Crippen LogP contribution in [0.4, 0.5) is 5.13 Å². The molecule has 0 unspecified atom stereocenters. The smallest absolute Gasteiger partial charge is 0.278 e. The molecule has 8 nitrogen and oxygen atoms in total. The summed E-state index contributed by atoms with van der Waals surface area (Å²) < 4.78 is 32.2. The molecule has 162 valence electrons. The van der Waals surface area contributed by atoms with Crippen molar-refractivity contribution in [1.82, 2.24) is 9.29 Å². The number of anilines is 1. The van der Waals surface area contributed by atoms with Crippen molar-refractivity contribution in [2.75, 3.05) is 12.4 Å². The fourth-order valence-electron chi connectivity index (χ4n) is 3.28. The summed E-state index contributed by atoms with van der Waals surface area (Å²) in [6.07, 6.45) is 1.47. The number of nitrogens with one attached hydrogen (secondary N) is 1. The van der Waals surface area contributed by atoms with Crippen LogP contribution in [-0.4, -0.2) is 35.8 Å². The summed E-state index contributed by atoms with van der Waals surface area (Å²) in [7, 11) is -2.81. The van der Waals surface area contributed by atoms with Crippen LogP contribution < -0.4 is 5.32 Å². The SMILES string of the molecule is CN1C(C(=O)Nc2nc(-c3ccccc3)cs2)=C(O)c2sc(-c3ccco3)cc2S1(=O)=O. The van der Waals surface area contributed by atoms with E-state index >= 15 is 0 Å². The normalized spacial score (nSPS) is 15.0. The van der Waals surface area contributed by atoms with Crippen molar-refractivity contribution in [2.45, 2.75) is 4.90 Å². The monoisotopic (exact) mass is 485 g/mol. The number of furan rings is 1.